The molecule has 2 aromatic heterocycles. The predicted molar refractivity (Wildman–Crippen MR) is 112 cm³/mol. The molecule has 0 radical (unpaired) electrons. The van der Waals surface area contributed by atoms with Crippen LogP contribution in [0, 0.1) is 34.6 Å². The number of anilines is 1. The van der Waals surface area contributed by atoms with E-state index in [0.717, 1.165) is 22.5 Å². The number of carbonyl (C=O) groups is 2. The lowest BCUT2D eigenvalue weighted by atomic mass is 10.1. The van der Waals surface area contributed by atoms with E-state index >= 15 is 0 Å². The van der Waals surface area contributed by atoms with E-state index in [2.05, 4.69) is 20.6 Å². The van der Waals surface area contributed by atoms with Gasteiger partial charge in [-0.05, 0) is 53.2 Å². The molecule has 158 valence electrons. The summed E-state index contributed by atoms with van der Waals surface area (Å²) in [7, 11) is 1.79. The number of amides is 1. The Morgan fingerprint density at radius 1 is 1.03 bits per heavy atom. The van der Waals surface area contributed by atoms with Crippen molar-refractivity contribution in [1.82, 2.24) is 24.8 Å². The lowest BCUT2D eigenvalue weighted by Crippen LogP contribution is -2.30. The van der Waals surface area contributed by atoms with Crippen molar-refractivity contribution in [3.8, 4) is 5.69 Å². The molecule has 1 atom stereocenters. The number of hydrogen-bond acceptors (Lipinski definition) is 6. The predicted octanol–water partition coefficient (Wildman–Crippen LogP) is 2.73. The minimum atomic E-state index is -1.01. The van der Waals surface area contributed by atoms with Gasteiger partial charge in [0.2, 0.25) is 0 Å². The van der Waals surface area contributed by atoms with Gasteiger partial charge in [-0.3, -0.25) is 9.48 Å². The number of ether oxygens (including phenoxy) is 1. The molecule has 0 fully saturated rings. The Morgan fingerprint density at radius 3 is 2.33 bits per heavy atom. The zero-order valence-corrected chi connectivity index (χ0v) is 18.3. The van der Waals surface area contributed by atoms with Gasteiger partial charge in [0.05, 0.1) is 28.5 Å². The van der Waals surface area contributed by atoms with Crippen molar-refractivity contribution in [2.45, 2.75) is 47.6 Å². The van der Waals surface area contributed by atoms with Crippen molar-refractivity contribution in [3.05, 3.63) is 52.1 Å². The lowest BCUT2D eigenvalue weighted by Gasteiger charge is -2.13. The summed E-state index contributed by atoms with van der Waals surface area (Å²) in [6, 6.07) is 5.86. The third-order valence-corrected chi connectivity index (χ3v) is 4.95. The molecule has 1 N–H and O–H groups in total. The first kappa shape index (κ1) is 21.2. The smallest absolute Gasteiger partial charge is 0.361 e. The van der Waals surface area contributed by atoms with Gasteiger partial charge in [0.15, 0.2) is 11.8 Å². The van der Waals surface area contributed by atoms with E-state index in [1.807, 2.05) is 39.0 Å². The molecule has 9 heteroatoms. The molecule has 2 heterocycles. The van der Waals surface area contributed by atoms with Gasteiger partial charge >= 0.3 is 5.97 Å². The zero-order valence-electron chi connectivity index (χ0n) is 18.3. The molecule has 1 amide bonds. The van der Waals surface area contributed by atoms with Gasteiger partial charge in [-0.15, -0.1) is 5.10 Å². The van der Waals surface area contributed by atoms with Crippen LogP contribution in [0.15, 0.2) is 18.2 Å². The van der Waals surface area contributed by atoms with Gasteiger partial charge in [0, 0.05) is 7.05 Å². The van der Waals surface area contributed by atoms with Gasteiger partial charge < -0.3 is 10.1 Å². The molecule has 3 rings (SSSR count). The van der Waals surface area contributed by atoms with Gasteiger partial charge in [-0.2, -0.15) is 15.0 Å². The van der Waals surface area contributed by atoms with Crippen LogP contribution in [0.5, 0.6) is 0 Å². The van der Waals surface area contributed by atoms with Crippen molar-refractivity contribution in [2.24, 2.45) is 7.05 Å². The van der Waals surface area contributed by atoms with Crippen molar-refractivity contribution < 1.29 is 14.3 Å². The fraction of sp³-hybridized carbons (Fsp3) is 0.381. The monoisotopic (exact) mass is 410 g/mol. The second kappa shape index (κ2) is 8.10. The fourth-order valence-corrected chi connectivity index (χ4v) is 3.15. The quantitative estimate of drug-likeness (QED) is 0.649. The summed E-state index contributed by atoms with van der Waals surface area (Å²) >= 11 is 0. The van der Waals surface area contributed by atoms with Gasteiger partial charge in [0.25, 0.3) is 5.91 Å². The number of esters is 1. The molecular weight excluding hydrogens is 384 g/mol. The van der Waals surface area contributed by atoms with E-state index < -0.39 is 18.0 Å². The third-order valence-electron chi connectivity index (χ3n) is 4.95. The number of nitrogens with zero attached hydrogens (tertiary/aromatic N) is 5. The van der Waals surface area contributed by atoms with Crippen LogP contribution >= 0.6 is 0 Å². The molecule has 0 bridgehead atoms. The molecule has 0 spiro atoms. The summed E-state index contributed by atoms with van der Waals surface area (Å²) in [6.07, 6.45) is -1.01. The minimum absolute atomic E-state index is 0.0726. The molecule has 3 aromatic rings. The molecule has 0 saturated carbocycles. The van der Waals surface area contributed by atoms with Crippen molar-refractivity contribution in [2.75, 3.05) is 5.32 Å². The highest BCUT2D eigenvalue weighted by Crippen LogP contribution is 2.19. The normalized spacial score (nSPS) is 12.0. The number of aromatic nitrogens is 5. The largest absolute Gasteiger partial charge is 0.448 e. The standard InChI is InChI=1S/C21H26N6O3/c1-11-8-9-17(12(2)10-11)27-24-14(4)19(25-27)21(29)30-16(6)20(28)22-18-13(3)23-26(7)15(18)5/h8-10,16H,1-7H3,(H,22,28)/t16-/m1/s1. The van der Waals surface area contributed by atoms with Crippen LogP contribution in [0.3, 0.4) is 0 Å². The maximum atomic E-state index is 12.6. The maximum absolute atomic E-state index is 12.6. The first-order valence-electron chi connectivity index (χ1n) is 9.62. The van der Waals surface area contributed by atoms with Crippen LogP contribution in [0.2, 0.25) is 0 Å². The minimum Gasteiger partial charge on any atom is -0.448 e. The molecule has 0 aliphatic heterocycles. The second-order valence-corrected chi connectivity index (χ2v) is 7.42. The fourth-order valence-electron chi connectivity index (χ4n) is 3.15. The number of carbonyl (C=O) groups excluding carboxylic acids is 2. The SMILES string of the molecule is Cc1ccc(-n2nc(C)c(C(=O)O[C@H](C)C(=O)Nc3c(C)nn(C)c3C)n2)c(C)c1. The number of rotatable bonds is 5. The molecule has 1 aromatic carbocycles. The topological polar surface area (TPSA) is 104 Å². The molecule has 9 nitrogen and oxygen atoms in total. The number of benzene rings is 1. The van der Waals surface area contributed by atoms with Crippen LogP contribution in [-0.2, 0) is 16.6 Å². The van der Waals surface area contributed by atoms with Crippen LogP contribution in [0.1, 0.15) is 45.6 Å². The Hall–Kier alpha value is -3.49. The third kappa shape index (κ3) is 4.10. The zero-order chi connectivity index (χ0) is 22.2. The van der Waals surface area contributed by atoms with Crippen molar-refractivity contribution in [1.29, 1.82) is 0 Å². The van der Waals surface area contributed by atoms with Gasteiger partial charge in [-0.25, -0.2) is 4.79 Å². The Morgan fingerprint density at radius 2 is 1.73 bits per heavy atom. The van der Waals surface area contributed by atoms with E-state index in [9.17, 15) is 9.59 Å². The second-order valence-electron chi connectivity index (χ2n) is 7.42. The molecule has 30 heavy (non-hydrogen) atoms. The first-order valence-corrected chi connectivity index (χ1v) is 9.62. The van der Waals surface area contributed by atoms with Crippen LogP contribution in [0.25, 0.3) is 5.69 Å². The summed E-state index contributed by atoms with van der Waals surface area (Å²) in [4.78, 5) is 26.5. The maximum Gasteiger partial charge on any atom is 0.361 e. The summed E-state index contributed by atoms with van der Waals surface area (Å²) in [5.74, 6) is -1.15. The molecule has 0 aliphatic rings. The summed E-state index contributed by atoms with van der Waals surface area (Å²) in [6.45, 7) is 10.8. The van der Waals surface area contributed by atoms with E-state index in [4.69, 9.17) is 4.74 Å². The van der Waals surface area contributed by atoms with Crippen LogP contribution in [-0.4, -0.2) is 42.8 Å². The van der Waals surface area contributed by atoms with E-state index in [1.165, 1.54) is 11.7 Å². The molecule has 0 aliphatic carbocycles. The lowest BCUT2D eigenvalue weighted by molar-refractivity contribution is -0.123. The number of nitrogens with one attached hydrogen (secondary N) is 1. The highest BCUT2D eigenvalue weighted by Gasteiger charge is 2.25. The van der Waals surface area contributed by atoms with Crippen molar-refractivity contribution >= 4 is 17.6 Å². The van der Waals surface area contributed by atoms with Gasteiger partial charge in [0.1, 0.15) is 0 Å². The Balaban J connectivity index is 1.74. The van der Waals surface area contributed by atoms with Crippen molar-refractivity contribution in [3.63, 3.8) is 0 Å². The summed E-state index contributed by atoms with van der Waals surface area (Å²) < 4.78 is 7.02. The number of hydrogen-bond donors (Lipinski definition) is 1. The summed E-state index contributed by atoms with van der Waals surface area (Å²) in [5, 5.41) is 15.6. The molecular formula is C21H26N6O3. The molecule has 0 unspecified atom stereocenters. The first-order chi connectivity index (χ1) is 14.1. The Bertz CT molecular complexity index is 1130. The summed E-state index contributed by atoms with van der Waals surface area (Å²) in [5.41, 5.74) is 5.49. The highest BCUT2D eigenvalue weighted by atomic mass is 16.5. The van der Waals surface area contributed by atoms with Crippen LogP contribution < -0.4 is 5.32 Å². The average Bonchev–Trinajstić information content (AvgIpc) is 3.16. The Kier molecular flexibility index (Phi) is 5.73. The van der Waals surface area contributed by atoms with E-state index in [0.29, 0.717) is 17.1 Å². The Labute approximate surface area is 175 Å². The van der Waals surface area contributed by atoms with E-state index in [1.54, 1.807) is 25.6 Å². The highest BCUT2D eigenvalue weighted by molar-refractivity contribution is 5.97. The van der Waals surface area contributed by atoms with E-state index in [-0.39, 0.29) is 5.69 Å². The number of aryl methyl sites for hydroxylation is 5. The average molecular weight is 410 g/mol. The van der Waals surface area contributed by atoms with Gasteiger partial charge in [-0.1, -0.05) is 17.7 Å². The molecule has 0 saturated heterocycles. The van der Waals surface area contributed by atoms with Crippen LogP contribution in [0.4, 0.5) is 5.69 Å².